The fourth-order valence-corrected chi connectivity index (χ4v) is 5.25. The van der Waals surface area contributed by atoms with Crippen LogP contribution in [0.3, 0.4) is 0 Å². The molecule has 1 saturated heterocycles. The van der Waals surface area contributed by atoms with Gasteiger partial charge < -0.3 is 19.3 Å². The van der Waals surface area contributed by atoms with Crippen LogP contribution in [0.5, 0.6) is 5.75 Å². The summed E-state index contributed by atoms with van der Waals surface area (Å²) in [4.78, 5) is 18.2. The van der Waals surface area contributed by atoms with E-state index in [4.69, 9.17) is 21.1 Å². The van der Waals surface area contributed by atoms with Crippen molar-refractivity contribution < 1.29 is 14.3 Å². The van der Waals surface area contributed by atoms with Crippen LogP contribution in [-0.4, -0.2) is 45.3 Å². The molecule has 1 N–H and O–H groups in total. The second kappa shape index (κ2) is 11.8. The number of anilines is 1. The number of para-hydroxylation sites is 1. The van der Waals surface area contributed by atoms with Crippen molar-refractivity contribution in [3.8, 4) is 5.75 Å². The van der Waals surface area contributed by atoms with E-state index in [-0.39, 0.29) is 18.1 Å². The Morgan fingerprint density at radius 1 is 1.06 bits per heavy atom. The van der Waals surface area contributed by atoms with E-state index in [0.717, 1.165) is 41.0 Å². The number of amides is 1. The maximum absolute atomic E-state index is 14.1. The Balaban J connectivity index is 1.68. The topological polar surface area (TPSA) is 54.0 Å². The first kappa shape index (κ1) is 26.0. The van der Waals surface area contributed by atoms with Crippen LogP contribution in [0.1, 0.15) is 41.7 Å². The highest BCUT2D eigenvalue weighted by Gasteiger charge is 2.41. The van der Waals surface area contributed by atoms with Gasteiger partial charge in [0.2, 0.25) is 0 Å². The third-order valence-corrected chi connectivity index (χ3v) is 6.99. The number of hydrogen-bond donors (Lipinski definition) is 1. The molecule has 0 aliphatic carbocycles. The summed E-state index contributed by atoms with van der Waals surface area (Å²) in [7, 11) is 7.30. The molecule has 1 fully saturated rings. The van der Waals surface area contributed by atoms with Crippen LogP contribution < -0.4 is 15.0 Å². The van der Waals surface area contributed by atoms with Crippen LogP contribution in [0.15, 0.2) is 72.8 Å². The van der Waals surface area contributed by atoms with E-state index in [0.29, 0.717) is 11.6 Å². The molecule has 190 valence electrons. The van der Waals surface area contributed by atoms with Gasteiger partial charge in [-0.15, -0.1) is 0 Å². The van der Waals surface area contributed by atoms with Gasteiger partial charge in [0.25, 0.3) is 5.91 Å². The predicted molar refractivity (Wildman–Crippen MR) is 144 cm³/mol. The molecular weight excluding hydrogens is 474 g/mol. The van der Waals surface area contributed by atoms with Crippen LogP contribution >= 0.6 is 11.6 Å². The summed E-state index contributed by atoms with van der Waals surface area (Å²) in [5.41, 5.74) is 4.02. The lowest BCUT2D eigenvalue weighted by molar-refractivity contribution is -0.146. The minimum atomic E-state index is -0.691. The van der Waals surface area contributed by atoms with Crippen molar-refractivity contribution >= 4 is 23.2 Å². The number of nitrogens with zero attached hydrogens (tertiary/aromatic N) is 2. The Morgan fingerprint density at radius 2 is 1.78 bits per heavy atom. The number of carbonyl (C=O) groups excluding carboxylic acids is 1. The van der Waals surface area contributed by atoms with E-state index < -0.39 is 6.10 Å². The number of methoxy groups -OCH3 is 2. The summed E-state index contributed by atoms with van der Waals surface area (Å²) in [6, 6.07) is 23.4. The molecule has 4 rings (SSSR count). The van der Waals surface area contributed by atoms with Crippen molar-refractivity contribution in [3.05, 3.63) is 94.5 Å². The molecule has 0 saturated carbocycles. The zero-order valence-electron chi connectivity index (χ0n) is 21.3. The summed E-state index contributed by atoms with van der Waals surface area (Å²) >= 11 is 6.26. The molecule has 0 spiro atoms. The number of hydrogen-bond acceptors (Lipinski definition) is 5. The van der Waals surface area contributed by atoms with E-state index in [2.05, 4.69) is 22.3 Å². The Hall–Kier alpha value is -3.06. The maximum atomic E-state index is 14.1. The number of likely N-dealkylation sites (tertiary alicyclic amines) is 1. The highest BCUT2D eigenvalue weighted by molar-refractivity contribution is 6.30. The number of rotatable bonds is 9. The smallest absolute Gasteiger partial charge is 0.258 e. The molecule has 0 aromatic heterocycles. The van der Waals surface area contributed by atoms with Gasteiger partial charge in [0.1, 0.15) is 5.75 Å². The second-order valence-electron chi connectivity index (χ2n) is 9.17. The molecule has 0 radical (unpaired) electrons. The zero-order chi connectivity index (χ0) is 25.7. The number of halogens is 1. The average Bonchev–Trinajstić information content (AvgIpc) is 3.32. The summed E-state index contributed by atoms with van der Waals surface area (Å²) in [5.74, 6) is 0.701. The molecule has 1 aliphatic heterocycles. The van der Waals surface area contributed by atoms with Crippen molar-refractivity contribution in [2.75, 3.05) is 33.2 Å². The molecule has 36 heavy (non-hydrogen) atoms. The molecule has 3 aromatic carbocycles. The van der Waals surface area contributed by atoms with E-state index in [9.17, 15) is 4.79 Å². The van der Waals surface area contributed by atoms with Crippen LogP contribution in [0.2, 0.25) is 5.02 Å². The molecule has 0 bridgehead atoms. The normalized spacial score (nSPS) is 18.2. The Morgan fingerprint density at radius 3 is 2.47 bits per heavy atom. The molecule has 7 heteroatoms. The lowest BCUT2D eigenvalue weighted by Gasteiger charge is -2.35. The second-order valence-corrected chi connectivity index (χ2v) is 9.61. The van der Waals surface area contributed by atoms with Gasteiger partial charge in [-0.3, -0.25) is 10.1 Å². The minimum Gasteiger partial charge on any atom is -0.496 e. The van der Waals surface area contributed by atoms with E-state index in [1.807, 2.05) is 79.7 Å². The highest BCUT2D eigenvalue weighted by Crippen LogP contribution is 2.41. The van der Waals surface area contributed by atoms with Gasteiger partial charge in [-0.1, -0.05) is 60.1 Å². The summed E-state index contributed by atoms with van der Waals surface area (Å²) in [6.45, 7) is 0.517. The molecule has 1 aliphatic rings. The molecule has 1 heterocycles. The van der Waals surface area contributed by atoms with Gasteiger partial charge >= 0.3 is 0 Å². The van der Waals surface area contributed by atoms with E-state index in [1.165, 1.54) is 0 Å². The quantitative estimate of drug-likeness (QED) is 0.409. The zero-order valence-corrected chi connectivity index (χ0v) is 22.0. The number of carbonyl (C=O) groups is 1. The standard InChI is InChI=1S/C29H34ClN3O3/c1-32(2)24-13-9-8-12-23(24)25-15-17-27(31-19-21-18-22(30)14-16-26(21)35-3)33(25)29(34)28(36-4)20-10-6-5-7-11-20/h5-14,16,18,25,27-28,31H,15,17,19H2,1-4H3/t25?,27?,28-/m1/s1. The summed E-state index contributed by atoms with van der Waals surface area (Å²) in [6.07, 6.45) is 0.782. The van der Waals surface area contributed by atoms with Crippen molar-refractivity contribution in [1.29, 1.82) is 0 Å². The fraction of sp³-hybridized carbons (Fsp3) is 0.345. The first-order valence-corrected chi connectivity index (χ1v) is 12.5. The molecule has 2 unspecified atom stereocenters. The van der Waals surface area contributed by atoms with Crippen LogP contribution in [0.25, 0.3) is 0 Å². The van der Waals surface area contributed by atoms with Crippen LogP contribution in [-0.2, 0) is 16.1 Å². The first-order chi connectivity index (χ1) is 17.4. The third kappa shape index (κ3) is 5.51. The Bertz CT molecular complexity index is 1170. The van der Waals surface area contributed by atoms with Gasteiger partial charge in [-0.2, -0.15) is 0 Å². The van der Waals surface area contributed by atoms with E-state index in [1.54, 1.807) is 14.2 Å². The number of nitrogens with one attached hydrogen (secondary N) is 1. The lowest BCUT2D eigenvalue weighted by Crippen LogP contribution is -2.47. The number of benzene rings is 3. The van der Waals surface area contributed by atoms with Gasteiger partial charge in [0.05, 0.1) is 19.3 Å². The SMILES string of the molecule is COc1ccc(Cl)cc1CNC1CCC(c2ccccc2N(C)C)N1C(=O)[C@H](OC)c1ccccc1. The molecular formula is C29H34ClN3O3. The Kier molecular flexibility index (Phi) is 8.52. The van der Waals surface area contributed by atoms with Crippen LogP contribution in [0, 0.1) is 0 Å². The van der Waals surface area contributed by atoms with Gasteiger partial charge in [-0.05, 0) is 48.2 Å². The summed E-state index contributed by atoms with van der Waals surface area (Å²) in [5, 5.41) is 4.25. The summed E-state index contributed by atoms with van der Waals surface area (Å²) < 4.78 is 11.3. The molecule has 3 aromatic rings. The first-order valence-electron chi connectivity index (χ1n) is 12.2. The lowest BCUT2D eigenvalue weighted by atomic mass is 10.0. The predicted octanol–water partition coefficient (Wildman–Crippen LogP) is 5.58. The van der Waals surface area contributed by atoms with Gasteiger partial charge in [0, 0.05) is 44.0 Å². The van der Waals surface area contributed by atoms with Gasteiger partial charge in [0.15, 0.2) is 6.10 Å². The average molecular weight is 508 g/mol. The molecule has 6 nitrogen and oxygen atoms in total. The molecule has 3 atom stereocenters. The largest absolute Gasteiger partial charge is 0.496 e. The Labute approximate surface area is 218 Å². The van der Waals surface area contributed by atoms with Crippen molar-refractivity contribution in [1.82, 2.24) is 10.2 Å². The number of ether oxygens (including phenoxy) is 2. The van der Waals surface area contributed by atoms with Crippen LogP contribution in [0.4, 0.5) is 5.69 Å². The minimum absolute atomic E-state index is 0.0599. The van der Waals surface area contributed by atoms with Crippen molar-refractivity contribution in [3.63, 3.8) is 0 Å². The van der Waals surface area contributed by atoms with Gasteiger partial charge in [-0.25, -0.2) is 0 Å². The molecule has 1 amide bonds. The monoisotopic (exact) mass is 507 g/mol. The van der Waals surface area contributed by atoms with Crippen molar-refractivity contribution in [2.45, 2.75) is 37.7 Å². The van der Waals surface area contributed by atoms with Crippen molar-refractivity contribution in [2.24, 2.45) is 0 Å². The highest BCUT2D eigenvalue weighted by atomic mass is 35.5. The van der Waals surface area contributed by atoms with E-state index >= 15 is 0 Å². The third-order valence-electron chi connectivity index (χ3n) is 6.75. The fourth-order valence-electron chi connectivity index (χ4n) is 5.06. The maximum Gasteiger partial charge on any atom is 0.258 e.